The van der Waals surface area contributed by atoms with E-state index in [0.717, 1.165) is 53.8 Å². The van der Waals surface area contributed by atoms with E-state index in [0.29, 0.717) is 26.2 Å². The number of ether oxygens (including phenoxy) is 1. The molecule has 4 heterocycles. The van der Waals surface area contributed by atoms with Crippen molar-refractivity contribution in [3.63, 3.8) is 0 Å². The monoisotopic (exact) mass is 491 g/mol. The molecule has 190 valence electrons. The van der Waals surface area contributed by atoms with Crippen molar-refractivity contribution in [2.75, 3.05) is 31.1 Å². The predicted molar refractivity (Wildman–Crippen MR) is 136 cm³/mol. The van der Waals surface area contributed by atoms with Gasteiger partial charge in [-0.3, -0.25) is 19.3 Å². The summed E-state index contributed by atoms with van der Waals surface area (Å²) >= 11 is 0. The van der Waals surface area contributed by atoms with Gasteiger partial charge in [0.15, 0.2) is 0 Å². The molecule has 0 radical (unpaired) electrons. The number of piperidine rings is 1. The summed E-state index contributed by atoms with van der Waals surface area (Å²) in [5, 5.41) is 5.94. The predicted octanol–water partition coefficient (Wildman–Crippen LogP) is 3.36. The minimum Gasteiger partial charge on any atom is -0.466 e. The minimum absolute atomic E-state index is 0.0763. The highest BCUT2D eigenvalue weighted by Gasteiger charge is 2.30. The molecule has 9 heteroatoms. The number of esters is 1. The molecule has 0 unspecified atom stereocenters. The molecule has 0 N–H and O–H groups in total. The van der Waals surface area contributed by atoms with E-state index < -0.39 is 0 Å². The Morgan fingerprint density at radius 2 is 1.86 bits per heavy atom. The Morgan fingerprint density at radius 3 is 2.69 bits per heavy atom. The molecule has 0 saturated carbocycles. The molecule has 2 aliphatic rings. The summed E-state index contributed by atoms with van der Waals surface area (Å²) in [6.07, 6.45) is 4.66. The fourth-order valence-corrected chi connectivity index (χ4v) is 5.37. The number of nitrogens with zero attached hydrogens (tertiary/aromatic N) is 5. The highest BCUT2D eigenvalue weighted by atomic mass is 16.5. The molecule has 1 saturated heterocycles. The summed E-state index contributed by atoms with van der Waals surface area (Å²) in [7, 11) is 2.02. The first-order valence-electron chi connectivity index (χ1n) is 12.8. The van der Waals surface area contributed by atoms with Gasteiger partial charge >= 0.3 is 5.97 Å². The van der Waals surface area contributed by atoms with Crippen LogP contribution in [0.15, 0.2) is 36.5 Å². The molecule has 2 aliphatic heterocycles. The van der Waals surface area contributed by atoms with Gasteiger partial charge in [0, 0.05) is 74.8 Å². The highest BCUT2D eigenvalue weighted by Crippen LogP contribution is 2.33. The summed E-state index contributed by atoms with van der Waals surface area (Å²) in [5.74, 6) is 0.103. The minimum atomic E-state index is -0.276. The van der Waals surface area contributed by atoms with E-state index in [1.165, 1.54) is 0 Å². The van der Waals surface area contributed by atoms with E-state index in [9.17, 15) is 14.4 Å². The lowest BCUT2D eigenvalue weighted by Gasteiger charge is -2.32. The lowest BCUT2D eigenvalue weighted by Crippen LogP contribution is -2.43. The Hall–Kier alpha value is -3.62. The SMILES string of the molecule is CCOC(=O)[C@@H]1CCCN(C(=O)CCC(=O)N2CCCn3nc(-c4cn(C)c5ccccc45)cc32)C1. The maximum absolute atomic E-state index is 13.2. The van der Waals surface area contributed by atoms with Crippen LogP contribution in [0.4, 0.5) is 5.82 Å². The summed E-state index contributed by atoms with van der Waals surface area (Å²) in [6, 6.07) is 10.2. The van der Waals surface area contributed by atoms with Gasteiger partial charge in [-0.25, -0.2) is 4.68 Å². The van der Waals surface area contributed by atoms with Crippen LogP contribution in [0.1, 0.15) is 39.0 Å². The molecule has 5 rings (SSSR count). The number of carbonyl (C=O) groups excluding carboxylic acids is 3. The molecule has 2 amide bonds. The summed E-state index contributed by atoms with van der Waals surface area (Å²) < 4.78 is 9.12. The van der Waals surface area contributed by atoms with Crippen molar-refractivity contribution in [3.05, 3.63) is 36.5 Å². The smallest absolute Gasteiger partial charge is 0.310 e. The topological polar surface area (TPSA) is 89.7 Å². The van der Waals surface area contributed by atoms with E-state index in [2.05, 4.69) is 22.9 Å². The van der Waals surface area contributed by atoms with Crippen LogP contribution in [0.5, 0.6) is 0 Å². The van der Waals surface area contributed by atoms with Crippen LogP contribution in [-0.4, -0.2) is 63.3 Å². The van der Waals surface area contributed by atoms with Gasteiger partial charge in [0.1, 0.15) is 5.82 Å². The molecular formula is C27H33N5O4. The number of anilines is 1. The van der Waals surface area contributed by atoms with Crippen molar-refractivity contribution in [1.29, 1.82) is 0 Å². The van der Waals surface area contributed by atoms with Crippen LogP contribution >= 0.6 is 0 Å². The van der Waals surface area contributed by atoms with Gasteiger partial charge in [-0.1, -0.05) is 18.2 Å². The standard InChI is InChI=1S/C27H33N5O4/c1-3-36-27(35)19-8-6-13-30(17-19)25(33)11-12-26(34)31-14-7-15-32-24(31)16-22(28-32)21-18-29(2)23-10-5-4-9-20(21)23/h4-5,9-10,16,18-19H,3,6-8,11-15,17H2,1-2H3/t19-/m1/s1. The molecule has 9 nitrogen and oxygen atoms in total. The Labute approximate surface area is 210 Å². The molecule has 1 atom stereocenters. The normalized spacial score (nSPS) is 17.8. The zero-order valence-electron chi connectivity index (χ0n) is 21.0. The van der Waals surface area contributed by atoms with Crippen molar-refractivity contribution in [2.45, 2.75) is 45.6 Å². The Morgan fingerprint density at radius 1 is 1.06 bits per heavy atom. The number of likely N-dealkylation sites (tertiary alicyclic amines) is 1. The second-order valence-corrected chi connectivity index (χ2v) is 9.61. The molecule has 2 aromatic heterocycles. The fourth-order valence-electron chi connectivity index (χ4n) is 5.37. The molecule has 0 spiro atoms. The summed E-state index contributed by atoms with van der Waals surface area (Å²) in [4.78, 5) is 41.6. The molecule has 0 aliphatic carbocycles. The number of aromatic nitrogens is 3. The third kappa shape index (κ3) is 4.62. The lowest BCUT2D eigenvalue weighted by atomic mass is 9.98. The van der Waals surface area contributed by atoms with Gasteiger partial charge in [0.2, 0.25) is 11.8 Å². The third-order valence-electron chi connectivity index (χ3n) is 7.21. The first-order valence-corrected chi connectivity index (χ1v) is 12.8. The molecule has 3 aromatic rings. The van der Waals surface area contributed by atoms with Gasteiger partial charge < -0.3 is 14.2 Å². The largest absolute Gasteiger partial charge is 0.466 e. The zero-order chi connectivity index (χ0) is 25.2. The summed E-state index contributed by atoms with van der Waals surface area (Å²) in [5.41, 5.74) is 3.02. The van der Waals surface area contributed by atoms with Crippen LogP contribution in [0, 0.1) is 5.92 Å². The van der Waals surface area contributed by atoms with Gasteiger partial charge in [-0.15, -0.1) is 0 Å². The average Bonchev–Trinajstić information content (AvgIpc) is 3.48. The van der Waals surface area contributed by atoms with Crippen molar-refractivity contribution in [2.24, 2.45) is 13.0 Å². The maximum atomic E-state index is 13.2. The molecular weight excluding hydrogens is 458 g/mol. The Balaban J connectivity index is 1.26. The number of hydrogen-bond acceptors (Lipinski definition) is 5. The second kappa shape index (κ2) is 10.2. The number of fused-ring (bicyclic) bond motifs is 2. The number of carbonyl (C=O) groups is 3. The van der Waals surface area contributed by atoms with Crippen molar-refractivity contribution < 1.29 is 19.1 Å². The fraction of sp³-hybridized carbons (Fsp3) is 0.481. The number of benzene rings is 1. The Kier molecular flexibility index (Phi) is 6.80. The van der Waals surface area contributed by atoms with Gasteiger partial charge in [0.25, 0.3) is 0 Å². The van der Waals surface area contributed by atoms with Gasteiger partial charge in [-0.05, 0) is 32.3 Å². The van der Waals surface area contributed by atoms with Crippen LogP contribution in [-0.2, 0) is 32.7 Å². The zero-order valence-corrected chi connectivity index (χ0v) is 21.0. The number of hydrogen-bond donors (Lipinski definition) is 0. The first-order chi connectivity index (χ1) is 17.5. The number of aryl methyl sites for hydroxylation is 2. The highest BCUT2D eigenvalue weighted by molar-refractivity contribution is 5.98. The first kappa shape index (κ1) is 24.1. The Bertz CT molecular complexity index is 1290. The van der Waals surface area contributed by atoms with Crippen molar-refractivity contribution in [1.82, 2.24) is 19.2 Å². The van der Waals surface area contributed by atoms with Crippen molar-refractivity contribution >= 4 is 34.5 Å². The van der Waals surface area contributed by atoms with E-state index >= 15 is 0 Å². The van der Waals surface area contributed by atoms with E-state index in [1.54, 1.807) is 16.7 Å². The van der Waals surface area contributed by atoms with Crippen molar-refractivity contribution in [3.8, 4) is 11.3 Å². The molecule has 0 bridgehead atoms. The maximum Gasteiger partial charge on any atom is 0.310 e. The second-order valence-electron chi connectivity index (χ2n) is 9.61. The van der Waals surface area contributed by atoms with Crippen LogP contribution in [0.25, 0.3) is 22.2 Å². The average molecular weight is 492 g/mol. The molecule has 1 aromatic carbocycles. The summed E-state index contributed by atoms with van der Waals surface area (Å²) in [6.45, 7) is 4.48. The van der Waals surface area contributed by atoms with Crippen LogP contribution < -0.4 is 4.90 Å². The number of amides is 2. The lowest BCUT2D eigenvalue weighted by molar-refractivity contribution is -0.151. The van der Waals surface area contributed by atoms with Gasteiger partial charge in [-0.2, -0.15) is 5.10 Å². The third-order valence-corrected chi connectivity index (χ3v) is 7.21. The molecule has 1 fully saturated rings. The quantitative estimate of drug-likeness (QED) is 0.494. The van der Waals surface area contributed by atoms with Gasteiger partial charge in [0.05, 0.1) is 18.2 Å². The number of rotatable bonds is 6. The molecule has 36 heavy (non-hydrogen) atoms. The van der Waals surface area contributed by atoms with E-state index in [1.807, 2.05) is 29.9 Å². The van der Waals surface area contributed by atoms with E-state index in [-0.39, 0.29) is 36.5 Å². The van der Waals surface area contributed by atoms with E-state index in [4.69, 9.17) is 9.84 Å². The van der Waals surface area contributed by atoms with Crippen LogP contribution in [0.2, 0.25) is 0 Å². The number of para-hydroxylation sites is 1. The van der Waals surface area contributed by atoms with Crippen LogP contribution in [0.3, 0.4) is 0 Å².